The van der Waals surface area contributed by atoms with Gasteiger partial charge in [-0.15, -0.1) is 0 Å². The lowest BCUT2D eigenvalue weighted by Crippen LogP contribution is -2.37. The van der Waals surface area contributed by atoms with Crippen molar-refractivity contribution in [3.05, 3.63) is 95.7 Å². The standard InChI is InChI=1S/C27H25NO3/c1-18(15-19-11-12-20-13-14-30-26(20)16-19)28(2)27(29)31-17-25-23-9-5-3-7-21(23)22-8-4-6-10-24(22)25/h3-14,16,18,25H,15,17H2,1-2H3/t18-/m0/s1. The Balaban J connectivity index is 1.26. The first-order valence-electron chi connectivity index (χ1n) is 10.7. The number of rotatable bonds is 5. The maximum absolute atomic E-state index is 12.8. The van der Waals surface area contributed by atoms with E-state index < -0.39 is 0 Å². The van der Waals surface area contributed by atoms with E-state index in [0.717, 1.165) is 23.0 Å². The SMILES string of the molecule is C[C@@H](Cc1ccc2ccoc2c1)N(C)C(=O)OCC1c2ccccc2-c2ccccc21. The summed E-state index contributed by atoms with van der Waals surface area (Å²) in [6.07, 6.45) is 2.13. The summed E-state index contributed by atoms with van der Waals surface area (Å²) in [4.78, 5) is 14.5. The van der Waals surface area contributed by atoms with Crippen molar-refractivity contribution in [2.75, 3.05) is 13.7 Å². The Hall–Kier alpha value is -3.53. The molecule has 156 valence electrons. The van der Waals surface area contributed by atoms with Crippen LogP contribution in [0.1, 0.15) is 29.5 Å². The molecule has 0 saturated heterocycles. The van der Waals surface area contributed by atoms with Gasteiger partial charge in [0.15, 0.2) is 0 Å². The molecule has 0 saturated carbocycles. The summed E-state index contributed by atoms with van der Waals surface area (Å²) in [6, 6.07) is 24.9. The molecular weight excluding hydrogens is 386 g/mol. The maximum atomic E-state index is 12.8. The minimum Gasteiger partial charge on any atom is -0.464 e. The highest BCUT2D eigenvalue weighted by molar-refractivity contribution is 5.79. The zero-order valence-electron chi connectivity index (χ0n) is 17.7. The van der Waals surface area contributed by atoms with Crippen molar-refractivity contribution >= 4 is 17.1 Å². The van der Waals surface area contributed by atoms with Gasteiger partial charge < -0.3 is 14.1 Å². The summed E-state index contributed by atoms with van der Waals surface area (Å²) in [5.41, 5.74) is 6.91. The van der Waals surface area contributed by atoms with Crippen molar-refractivity contribution in [1.82, 2.24) is 4.90 Å². The van der Waals surface area contributed by atoms with Crippen LogP contribution in [-0.4, -0.2) is 30.7 Å². The highest BCUT2D eigenvalue weighted by atomic mass is 16.6. The number of fused-ring (bicyclic) bond motifs is 4. The average molecular weight is 412 g/mol. The molecule has 0 N–H and O–H groups in total. The molecule has 0 fully saturated rings. The maximum Gasteiger partial charge on any atom is 0.409 e. The summed E-state index contributed by atoms with van der Waals surface area (Å²) in [5, 5.41) is 1.08. The third kappa shape index (κ3) is 3.59. The number of benzene rings is 3. The summed E-state index contributed by atoms with van der Waals surface area (Å²) in [6.45, 7) is 2.37. The van der Waals surface area contributed by atoms with Gasteiger partial charge in [-0.25, -0.2) is 4.79 Å². The molecule has 0 unspecified atom stereocenters. The van der Waals surface area contributed by atoms with E-state index in [9.17, 15) is 4.79 Å². The first kappa shape index (κ1) is 19.4. The lowest BCUT2D eigenvalue weighted by Gasteiger charge is -2.25. The van der Waals surface area contributed by atoms with Crippen LogP contribution < -0.4 is 0 Å². The van der Waals surface area contributed by atoms with Gasteiger partial charge in [0, 0.05) is 24.4 Å². The Bertz CT molecular complexity index is 1200. The molecule has 31 heavy (non-hydrogen) atoms. The molecule has 1 amide bonds. The quantitative estimate of drug-likeness (QED) is 0.390. The normalized spacial score (nSPS) is 13.6. The number of likely N-dealkylation sites (N-methyl/N-ethyl adjacent to an activating group) is 1. The molecule has 0 spiro atoms. The van der Waals surface area contributed by atoms with Crippen LogP contribution in [0.2, 0.25) is 0 Å². The lowest BCUT2D eigenvalue weighted by molar-refractivity contribution is 0.0970. The minimum atomic E-state index is -0.298. The van der Waals surface area contributed by atoms with Gasteiger partial charge in [0.25, 0.3) is 0 Å². The number of ether oxygens (including phenoxy) is 1. The van der Waals surface area contributed by atoms with Crippen molar-refractivity contribution < 1.29 is 13.9 Å². The Morgan fingerprint density at radius 3 is 2.39 bits per heavy atom. The molecule has 1 atom stereocenters. The monoisotopic (exact) mass is 411 g/mol. The van der Waals surface area contributed by atoms with Gasteiger partial charge in [-0.05, 0) is 53.3 Å². The van der Waals surface area contributed by atoms with Crippen LogP contribution in [-0.2, 0) is 11.2 Å². The van der Waals surface area contributed by atoms with E-state index in [1.165, 1.54) is 22.3 Å². The minimum absolute atomic E-state index is 0.00284. The van der Waals surface area contributed by atoms with Crippen LogP contribution >= 0.6 is 0 Å². The lowest BCUT2D eigenvalue weighted by atomic mass is 9.98. The van der Waals surface area contributed by atoms with E-state index in [1.54, 1.807) is 18.2 Å². The number of hydrogen-bond donors (Lipinski definition) is 0. The van der Waals surface area contributed by atoms with E-state index in [1.807, 2.05) is 37.3 Å². The zero-order chi connectivity index (χ0) is 21.4. The fourth-order valence-electron chi connectivity index (χ4n) is 4.48. The van der Waals surface area contributed by atoms with Crippen molar-refractivity contribution in [3.8, 4) is 11.1 Å². The molecule has 1 aromatic heterocycles. The van der Waals surface area contributed by atoms with E-state index in [2.05, 4.69) is 42.5 Å². The molecular formula is C27H25NO3. The molecule has 5 rings (SSSR count). The molecule has 4 nitrogen and oxygen atoms in total. The number of amides is 1. The molecule has 0 radical (unpaired) electrons. The number of furan rings is 1. The number of carbonyl (C=O) groups is 1. The number of nitrogens with zero attached hydrogens (tertiary/aromatic N) is 1. The summed E-state index contributed by atoms with van der Waals surface area (Å²) in [7, 11) is 1.80. The van der Waals surface area contributed by atoms with Crippen molar-refractivity contribution in [2.45, 2.75) is 25.3 Å². The van der Waals surface area contributed by atoms with E-state index in [-0.39, 0.29) is 18.1 Å². The van der Waals surface area contributed by atoms with Gasteiger partial charge in [0.05, 0.1) is 6.26 Å². The molecule has 4 aromatic rings. The number of carbonyl (C=O) groups excluding carboxylic acids is 1. The van der Waals surface area contributed by atoms with Gasteiger partial charge >= 0.3 is 6.09 Å². The second-order valence-corrected chi connectivity index (χ2v) is 8.26. The predicted octanol–water partition coefficient (Wildman–Crippen LogP) is 6.24. The second-order valence-electron chi connectivity index (χ2n) is 8.26. The molecule has 0 aliphatic heterocycles. The summed E-state index contributed by atoms with van der Waals surface area (Å²) in [5.74, 6) is 0.0708. The van der Waals surface area contributed by atoms with Gasteiger partial charge in [0.1, 0.15) is 12.2 Å². The van der Waals surface area contributed by atoms with Crippen LogP contribution in [0.25, 0.3) is 22.1 Å². The van der Waals surface area contributed by atoms with Crippen LogP contribution in [0.4, 0.5) is 4.79 Å². The summed E-state index contributed by atoms with van der Waals surface area (Å²) >= 11 is 0. The molecule has 1 aliphatic rings. The largest absolute Gasteiger partial charge is 0.464 e. The van der Waals surface area contributed by atoms with Crippen LogP contribution in [0.3, 0.4) is 0 Å². The van der Waals surface area contributed by atoms with Crippen LogP contribution in [0, 0.1) is 0 Å². The second kappa shape index (κ2) is 7.95. The zero-order valence-corrected chi connectivity index (χ0v) is 17.7. The Morgan fingerprint density at radius 2 is 1.68 bits per heavy atom. The van der Waals surface area contributed by atoms with E-state index in [0.29, 0.717) is 6.61 Å². The third-order valence-electron chi connectivity index (χ3n) is 6.34. The fraction of sp³-hybridized carbons (Fsp3) is 0.222. The highest BCUT2D eigenvalue weighted by Gasteiger charge is 2.29. The molecule has 3 aromatic carbocycles. The van der Waals surface area contributed by atoms with Gasteiger partial charge in [-0.1, -0.05) is 60.7 Å². The Kier molecular flexibility index (Phi) is 4.99. The predicted molar refractivity (Wildman–Crippen MR) is 122 cm³/mol. The first-order chi connectivity index (χ1) is 15.1. The van der Waals surface area contributed by atoms with Crippen LogP contribution in [0.15, 0.2) is 83.5 Å². The summed E-state index contributed by atoms with van der Waals surface area (Å²) < 4.78 is 11.3. The Labute approximate surface area is 182 Å². The smallest absolute Gasteiger partial charge is 0.409 e. The molecule has 1 heterocycles. The van der Waals surface area contributed by atoms with Gasteiger partial charge in [-0.3, -0.25) is 0 Å². The van der Waals surface area contributed by atoms with E-state index >= 15 is 0 Å². The molecule has 4 heteroatoms. The topological polar surface area (TPSA) is 42.7 Å². The average Bonchev–Trinajstić information content (AvgIpc) is 3.39. The van der Waals surface area contributed by atoms with Crippen LogP contribution in [0.5, 0.6) is 0 Å². The van der Waals surface area contributed by atoms with Crippen molar-refractivity contribution in [2.24, 2.45) is 0 Å². The number of hydrogen-bond acceptors (Lipinski definition) is 3. The van der Waals surface area contributed by atoms with Crippen molar-refractivity contribution in [1.29, 1.82) is 0 Å². The highest BCUT2D eigenvalue weighted by Crippen LogP contribution is 2.44. The molecule has 0 bridgehead atoms. The van der Waals surface area contributed by atoms with E-state index in [4.69, 9.17) is 9.15 Å². The van der Waals surface area contributed by atoms with Gasteiger partial charge in [-0.2, -0.15) is 0 Å². The first-order valence-corrected chi connectivity index (χ1v) is 10.7. The fourth-order valence-corrected chi connectivity index (χ4v) is 4.48. The third-order valence-corrected chi connectivity index (χ3v) is 6.34. The van der Waals surface area contributed by atoms with Crippen molar-refractivity contribution in [3.63, 3.8) is 0 Å². The van der Waals surface area contributed by atoms with Gasteiger partial charge in [0.2, 0.25) is 0 Å². The Morgan fingerprint density at radius 1 is 1.00 bits per heavy atom. The molecule has 1 aliphatic carbocycles.